The minimum absolute atomic E-state index is 0.0328. The Morgan fingerprint density at radius 3 is 2.42 bits per heavy atom. The third kappa shape index (κ3) is 10.3. The first-order valence-corrected chi connectivity index (χ1v) is 11.3. The second kappa shape index (κ2) is 14.5. The highest BCUT2D eigenvalue weighted by molar-refractivity contribution is 7.80. The van der Waals surface area contributed by atoms with Crippen molar-refractivity contribution in [2.75, 3.05) is 26.4 Å². The fourth-order valence-electron chi connectivity index (χ4n) is 2.47. The van der Waals surface area contributed by atoms with E-state index in [1.807, 2.05) is 6.92 Å². The summed E-state index contributed by atoms with van der Waals surface area (Å²) in [5.41, 5.74) is 5.31. The van der Waals surface area contributed by atoms with Crippen LogP contribution in [0.15, 0.2) is 42.5 Å². The Morgan fingerprint density at radius 1 is 0.970 bits per heavy atom. The fraction of sp³-hybridized carbons (Fsp3) is 0.318. The molecule has 0 aliphatic heterocycles. The van der Waals surface area contributed by atoms with Crippen molar-refractivity contribution in [2.24, 2.45) is 0 Å². The molecule has 0 atom stereocenters. The number of rotatable bonds is 11. The standard InChI is InChI=1S/C22H25Cl2N3O5S/c1-2-30-12-13-31-17-8-5-15(6-9-17)21(29)25-22(33)27-26-20(28)4-3-11-32-19-10-7-16(23)14-18(19)24/h5-10,14H,2-4,11-13H2,1H3,(H,26,28)(H2,25,27,29,33). The molecule has 0 bridgehead atoms. The van der Waals surface area contributed by atoms with Crippen LogP contribution < -0.4 is 25.6 Å². The maximum absolute atomic E-state index is 12.3. The smallest absolute Gasteiger partial charge is 0.257 e. The zero-order chi connectivity index (χ0) is 24.1. The summed E-state index contributed by atoms with van der Waals surface area (Å²) in [6, 6.07) is 11.5. The first kappa shape index (κ1) is 26.7. The number of benzene rings is 2. The van der Waals surface area contributed by atoms with Crippen molar-refractivity contribution in [3.8, 4) is 11.5 Å². The molecule has 33 heavy (non-hydrogen) atoms. The number of hydrogen-bond acceptors (Lipinski definition) is 6. The second-order valence-corrected chi connectivity index (χ2v) is 7.80. The van der Waals surface area contributed by atoms with Gasteiger partial charge in [0.1, 0.15) is 18.1 Å². The van der Waals surface area contributed by atoms with Gasteiger partial charge in [-0.25, -0.2) is 0 Å². The van der Waals surface area contributed by atoms with E-state index in [9.17, 15) is 9.59 Å². The van der Waals surface area contributed by atoms with Gasteiger partial charge < -0.3 is 14.2 Å². The molecule has 0 aliphatic carbocycles. The van der Waals surface area contributed by atoms with Crippen LogP contribution in [0.25, 0.3) is 0 Å². The van der Waals surface area contributed by atoms with E-state index >= 15 is 0 Å². The van der Waals surface area contributed by atoms with Crippen LogP contribution in [-0.4, -0.2) is 43.4 Å². The average Bonchev–Trinajstić information content (AvgIpc) is 2.79. The van der Waals surface area contributed by atoms with E-state index in [0.29, 0.717) is 60.0 Å². The van der Waals surface area contributed by atoms with Crippen molar-refractivity contribution in [1.29, 1.82) is 0 Å². The van der Waals surface area contributed by atoms with Crippen LogP contribution >= 0.6 is 35.4 Å². The molecule has 0 spiro atoms. The molecule has 0 heterocycles. The minimum atomic E-state index is -0.421. The van der Waals surface area contributed by atoms with Crippen molar-refractivity contribution < 1.29 is 23.8 Å². The lowest BCUT2D eigenvalue weighted by molar-refractivity contribution is -0.121. The summed E-state index contributed by atoms with van der Waals surface area (Å²) >= 11 is 16.9. The van der Waals surface area contributed by atoms with Crippen molar-refractivity contribution in [2.45, 2.75) is 19.8 Å². The fourth-order valence-corrected chi connectivity index (χ4v) is 3.07. The third-order valence-corrected chi connectivity index (χ3v) is 4.79. The van der Waals surface area contributed by atoms with Crippen LogP contribution in [0.1, 0.15) is 30.1 Å². The lowest BCUT2D eigenvalue weighted by Crippen LogP contribution is -2.48. The van der Waals surface area contributed by atoms with Crippen LogP contribution in [0.5, 0.6) is 11.5 Å². The van der Waals surface area contributed by atoms with Gasteiger partial charge in [0.05, 0.1) is 18.2 Å². The van der Waals surface area contributed by atoms with Gasteiger partial charge in [-0.05, 0) is 68.0 Å². The van der Waals surface area contributed by atoms with Crippen molar-refractivity contribution in [1.82, 2.24) is 16.2 Å². The highest BCUT2D eigenvalue weighted by Gasteiger charge is 2.09. The van der Waals surface area contributed by atoms with Gasteiger partial charge >= 0.3 is 0 Å². The summed E-state index contributed by atoms with van der Waals surface area (Å²) < 4.78 is 16.2. The molecule has 178 valence electrons. The van der Waals surface area contributed by atoms with Crippen molar-refractivity contribution >= 4 is 52.3 Å². The van der Waals surface area contributed by atoms with Crippen molar-refractivity contribution in [3.63, 3.8) is 0 Å². The van der Waals surface area contributed by atoms with Gasteiger partial charge in [0.25, 0.3) is 5.91 Å². The maximum atomic E-state index is 12.3. The summed E-state index contributed by atoms with van der Waals surface area (Å²) in [5.74, 6) is 0.386. The molecule has 0 fully saturated rings. The van der Waals surface area contributed by atoms with Crippen molar-refractivity contribution in [3.05, 3.63) is 58.1 Å². The number of hydrogen-bond donors (Lipinski definition) is 3. The van der Waals surface area contributed by atoms with E-state index in [2.05, 4.69) is 16.2 Å². The number of carbonyl (C=O) groups excluding carboxylic acids is 2. The van der Waals surface area contributed by atoms with Crippen LogP contribution in [-0.2, 0) is 9.53 Å². The summed E-state index contributed by atoms with van der Waals surface area (Å²) in [6.07, 6.45) is 0.629. The minimum Gasteiger partial charge on any atom is -0.492 e. The molecule has 3 N–H and O–H groups in total. The Hall–Kier alpha value is -2.59. The van der Waals surface area contributed by atoms with E-state index in [4.69, 9.17) is 49.6 Å². The molecule has 2 rings (SSSR count). The Kier molecular flexibility index (Phi) is 11.7. The number of thiocarbonyl (C=S) groups is 1. The molecule has 0 aromatic heterocycles. The Balaban J connectivity index is 1.63. The lowest BCUT2D eigenvalue weighted by Gasteiger charge is -2.12. The number of nitrogens with one attached hydrogen (secondary N) is 3. The highest BCUT2D eigenvalue weighted by atomic mass is 35.5. The van der Waals surface area contributed by atoms with E-state index in [-0.39, 0.29) is 17.4 Å². The van der Waals surface area contributed by atoms with Gasteiger partial charge in [-0.2, -0.15) is 0 Å². The van der Waals surface area contributed by atoms with Gasteiger partial charge in [0.15, 0.2) is 5.11 Å². The lowest BCUT2D eigenvalue weighted by atomic mass is 10.2. The molecule has 0 radical (unpaired) electrons. The van der Waals surface area contributed by atoms with Gasteiger partial charge in [-0.1, -0.05) is 23.2 Å². The van der Waals surface area contributed by atoms with Crippen LogP contribution in [0.4, 0.5) is 0 Å². The third-order valence-electron chi connectivity index (χ3n) is 4.06. The number of amides is 2. The molecule has 0 saturated carbocycles. The van der Waals surface area contributed by atoms with Gasteiger partial charge in [0.2, 0.25) is 5.91 Å². The summed E-state index contributed by atoms with van der Waals surface area (Å²) in [5, 5.41) is 3.37. The highest BCUT2D eigenvalue weighted by Crippen LogP contribution is 2.27. The molecule has 11 heteroatoms. The van der Waals surface area contributed by atoms with Gasteiger partial charge in [-0.15, -0.1) is 0 Å². The Bertz CT molecular complexity index is 944. The average molecular weight is 514 g/mol. The molecule has 2 aromatic carbocycles. The molecule has 2 aromatic rings. The Labute approximate surface area is 207 Å². The normalized spacial score (nSPS) is 10.3. The van der Waals surface area contributed by atoms with Gasteiger partial charge in [-0.3, -0.25) is 25.8 Å². The summed E-state index contributed by atoms with van der Waals surface area (Å²) in [6.45, 7) is 3.75. The molecule has 0 saturated heterocycles. The quantitative estimate of drug-likeness (QED) is 0.238. The molecule has 8 nitrogen and oxygen atoms in total. The van der Waals surface area contributed by atoms with Crippen LogP contribution in [0.2, 0.25) is 10.0 Å². The predicted octanol–water partition coefficient (Wildman–Crippen LogP) is 3.90. The molecule has 0 unspecified atom stereocenters. The Morgan fingerprint density at radius 2 is 1.73 bits per heavy atom. The molecule has 0 aliphatic rings. The summed E-state index contributed by atoms with van der Waals surface area (Å²) in [7, 11) is 0. The molecule has 2 amide bonds. The van der Waals surface area contributed by atoms with E-state index < -0.39 is 5.91 Å². The van der Waals surface area contributed by atoms with E-state index in [0.717, 1.165) is 0 Å². The predicted molar refractivity (Wildman–Crippen MR) is 131 cm³/mol. The zero-order valence-corrected chi connectivity index (χ0v) is 20.3. The number of ether oxygens (including phenoxy) is 3. The van der Waals surface area contributed by atoms with Crippen LogP contribution in [0.3, 0.4) is 0 Å². The molecular weight excluding hydrogens is 489 g/mol. The van der Waals surface area contributed by atoms with Gasteiger partial charge in [0, 0.05) is 23.6 Å². The first-order valence-electron chi connectivity index (χ1n) is 10.2. The van der Waals surface area contributed by atoms with E-state index in [1.165, 1.54) is 0 Å². The van der Waals surface area contributed by atoms with Crippen LogP contribution in [0, 0.1) is 0 Å². The largest absolute Gasteiger partial charge is 0.492 e. The second-order valence-electron chi connectivity index (χ2n) is 6.55. The number of carbonyl (C=O) groups is 2. The first-order chi connectivity index (χ1) is 15.9. The topological polar surface area (TPSA) is 97.9 Å². The SMILES string of the molecule is CCOCCOc1ccc(C(=O)NC(=S)NNC(=O)CCCOc2ccc(Cl)cc2Cl)cc1. The monoisotopic (exact) mass is 513 g/mol. The van der Waals surface area contributed by atoms with E-state index in [1.54, 1.807) is 42.5 Å². The number of halogens is 2. The zero-order valence-electron chi connectivity index (χ0n) is 18.0. The number of hydrazine groups is 1. The molecular formula is C22H25Cl2N3O5S. The summed E-state index contributed by atoms with van der Waals surface area (Å²) in [4.78, 5) is 24.2. The maximum Gasteiger partial charge on any atom is 0.257 e.